The Morgan fingerprint density at radius 1 is 1.47 bits per heavy atom. The molecule has 2 unspecified atom stereocenters. The largest absolute Gasteiger partial charge is 0.494 e. The van der Waals surface area contributed by atoms with E-state index in [1.807, 2.05) is 26.0 Å². The van der Waals surface area contributed by atoms with Crippen molar-refractivity contribution >= 4 is 22.2 Å². The predicted molar refractivity (Wildman–Crippen MR) is 74.0 cm³/mol. The molecule has 0 heterocycles. The second kappa shape index (κ2) is 6.49. The Hall–Kier alpha value is -1.23. The van der Waals surface area contributed by atoms with Gasteiger partial charge in [-0.05, 0) is 19.9 Å². The highest BCUT2D eigenvalue weighted by Crippen LogP contribution is 2.23. The van der Waals surface area contributed by atoms with Crippen LogP contribution in [-0.4, -0.2) is 28.9 Å². The highest BCUT2D eigenvalue weighted by Gasteiger charge is 2.06. The molecule has 96 valence electrons. The maximum absolute atomic E-state index is 11.1. The Bertz CT molecular complexity index is 396. The van der Waals surface area contributed by atoms with E-state index in [4.69, 9.17) is 10.5 Å². The van der Waals surface area contributed by atoms with Gasteiger partial charge in [-0.1, -0.05) is 0 Å². The summed E-state index contributed by atoms with van der Waals surface area (Å²) in [4.78, 5) is 0. The van der Waals surface area contributed by atoms with Crippen LogP contribution in [0, 0.1) is 0 Å². The molecule has 1 aromatic rings. The molecule has 2 atom stereocenters. The summed E-state index contributed by atoms with van der Waals surface area (Å²) in [5, 5.41) is 3.26. The summed E-state index contributed by atoms with van der Waals surface area (Å²) in [6.45, 7) is 4.53. The zero-order chi connectivity index (χ0) is 12.8. The van der Waals surface area contributed by atoms with Crippen LogP contribution < -0.4 is 15.8 Å². The van der Waals surface area contributed by atoms with Gasteiger partial charge in [-0.15, -0.1) is 0 Å². The molecule has 0 aliphatic heterocycles. The molecule has 17 heavy (non-hydrogen) atoms. The number of ether oxygens (including phenoxy) is 1. The average molecular weight is 256 g/mol. The lowest BCUT2D eigenvalue weighted by atomic mass is 10.2. The van der Waals surface area contributed by atoms with Crippen LogP contribution in [0.25, 0.3) is 0 Å². The first-order valence-corrected chi connectivity index (χ1v) is 7.34. The van der Waals surface area contributed by atoms with Gasteiger partial charge in [-0.2, -0.15) is 0 Å². The molecule has 0 saturated carbocycles. The van der Waals surface area contributed by atoms with Crippen molar-refractivity contribution in [2.45, 2.75) is 19.9 Å². The third-order valence-electron chi connectivity index (χ3n) is 2.14. The quantitative estimate of drug-likeness (QED) is 0.762. The fourth-order valence-corrected chi connectivity index (χ4v) is 2.42. The molecule has 5 heteroatoms. The summed E-state index contributed by atoms with van der Waals surface area (Å²) in [6.07, 6.45) is 1.70. The van der Waals surface area contributed by atoms with Gasteiger partial charge in [0.25, 0.3) is 0 Å². The van der Waals surface area contributed by atoms with E-state index in [-0.39, 0.29) is 6.04 Å². The summed E-state index contributed by atoms with van der Waals surface area (Å²) < 4.78 is 16.5. The van der Waals surface area contributed by atoms with E-state index >= 15 is 0 Å². The Kier molecular flexibility index (Phi) is 5.28. The monoisotopic (exact) mass is 256 g/mol. The standard InChI is InChI=1S/C12H20N2O2S/c1-4-16-12-6-10(13)5-11(7-12)14-9(2)8-17(3)15/h5-7,9,14H,4,8,13H2,1-3H3. The highest BCUT2D eigenvalue weighted by atomic mass is 32.2. The molecule has 3 N–H and O–H groups in total. The highest BCUT2D eigenvalue weighted by molar-refractivity contribution is 7.84. The van der Waals surface area contributed by atoms with Crippen molar-refractivity contribution in [1.82, 2.24) is 0 Å². The van der Waals surface area contributed by atoms with E-state index in [0.717, 1.165) is 11.4 Å². The van der Waals surface area contributed by atoms with Gasteiger partial charge in [0, 0.05) is 52.4 Å². The van der Waals surface area contributed by atoms with Crippen LogP contribution in [0.2, 0.25) is 0 Å². The summed E-state index contributed by atoms with van der Waals surface area (Å²) in [6, 6.07) is 5.67. The van der Waals surface area contributed by atoms with Crippen molar-refractivity contribution in [2.75, 3.05) is 29.7 Å². The van der Waals surface area contributed by atoms with Crippen LogP contribution in [-0.2, 0) is 10.8 Å². The maximum Gasteiger partial charge on any atom is 0.123 e. The average Bonchev–Trinajstić information content (AvgIpc) is 2.14. The number of nitrogens with two attached hydrogens (primary N) is 1. The maximum atomic E-state index is 11.1. The second-order valence-corrected chi connectivity index (χ2v) is 5.49. The third kappa shape index (κ3) is 5.08. The SMILES string of the molecule is CCOc1cc(N)cc(NC(C)CS(C)=O)c1. The zero-order valence-corrected chi connectivity index (χ0v) is 11.3. The normalized spacial score (nSPS) is 14.1. The first kappa shape index (κ1) is 13.8. The minimum atomic E-state index is -0.808. The fourth-order valence-electron chi connectivity index (χ4n) is 1.63. The van der Waals surface area contributed by atoms with Crippen molar-refractivity contribution in [2.24, 2.45) is 0 Å². The molecule has 0 radical (unpaired) electrons. The van der Waals surface area contributed by atoms with Crippen LogP contribution in [0.5, 0.6) is 5.75 Å². The van der Waals surface area contributed by atoms with Crippen LogP contribution in [0.15, 0.2) is 18.2 Å². The van der Waals surface area contributed by atoms with Gasteiger partial charge >= 0.3 is 0 Å². The number of nitrogens with one attached hydrogen (secondary N) is 1. The summed E-state index contributed by atoms with van der Waals surface area (Å²) in [7, 11) is -0.808. The predicted octanol–water partition coefficient (Wildman–Crippen LogP) is 1.85. The number of nitrogen functional groups attached to an aromatic ring is 1. The molecule has 0 spiro atoms. The van der Waals surface area contributed by atoms with Crippen LogP contribution >= 0.6 is 0 Å². The van der Waals surface area contributed by atoms with Gasteiger partial charge in [0.05, 0.1) is 6.61 Å². The van der Waals surface area contributed by atoms with Crippen molar-refractivity contribution in [1.29, 1.82) is 0 Å². The van der Waals surface area contributed by atoms with Crippen LogP contribution in [0.3, 0.4) is 0 Å². The topological polar surface area (TPSA) is 64.3 Å². The van der Waals surface area contributed by atoms with Gasteiger partial charge in [-0.25, -0.2) is 0 Å². The molecule has 4 nitrogen and oxygen atoms in total. The van der Waals surface area contributed by atoms with E-state index in [1.165, 1.54) is 0 Å². The van der Waals surface area contributed by atoms with Gasteiger partial charge in [-0.3, -0.25) is 4.21 Å². The lowest BCUT2D eigenvalue weighted by Crippen LogP contribution is -2.22. The van der Waals surface area contributed by atoms with Crippen molar-refractivity contribution in [3.05, 3.63) is 18.2 Å². The van der Waals surface area contributed by atoms with E-state index in [9.17, 15) is 4.21 Å². The first-order valence-electron chi connectivity index (χ1n) is 5.61. The number of anilines is 2. The Morgan fingerprint density at radius 3 is 2.76 bits per heavy atom. The lowest BCUT2D eigenvalue weighted by molar-refractivity contribution is 0.340. The van der Waals surface area contributed by atoms with E-state index in [2.05, 4.69) is 5.32 Å². The van der Waals surface area contributed by atoms with Crippen molar-refractivity contribution in [3.8, 4) is 5.75 Å². The van der Waals surface area contributed by atoms with Gasteiger partial charge in [0.15, 0.2) is 0 Å². The summed E-state index contributed by atoms with van der Waals surface area (Å²) in [5.74, 6) is 1.36. The number of hydrogen-bond acceptors (Lipinski definition) is 4. The Morgan fingerprint density at radius 2 is 2.18 bits per heavy atom. The molecular weight excluding hydrogens is 236 g/mol. The molecule has 0 bridgehead atoms. The lowest BCUT2D eigenvalue weighted by Gasteiger charge is -2.15. The van der Waals surface area contributed by atoms with Crippen LogP contribution in [0.4, 0.5) is 11.4 Å². The fraction of sp³-hybridized carbons (Fsp3) is 0.500. The molecule has 1 aromatic carbocycles. The third-order valence-corrected chi connectivity index (χ3v) is 3.11. The molecule has 0 aliphatic carbocycles. The van der Waals surface area contributed by atoms with Gasteiger partial charge in [0.2, 0.25) is 0 Å². The second-order valence-electron chi connectivity index (χ2n) is 4.01. The molecule has 1 rings (SSSR count). The number of rotatable bonds is 6. The molecule has 0 saturated heterocycles. The van der Waals surface area contributed by atoms with Crippen molar-refractivity contribution in [3.63, 3.8) is 0 Å². The summed E-state index contributed by atoms with van der Waals surface area (Å²) >= 11 is 0. The molecule has 0 aliphatic rings. The zero-order valence-electron chi connectivity index (χ0n) is 10.5. The van der Waals surface area contributed by atoms with Gasteiger partial charge < -0.3 is 15.8 Å². The Labute approximate surface area is 105 Å². The number of hydrogen-bond donors (Lipinski definition) is 2. The molecule has 0 amide bonds. The van der Waals surface area contributed by atoms with Crippen molar-refractivity contribution < 1.29 is 8.95 Å². The van der Waals surface area contributed by atoms with Gasteiger partial charge in [0.1, 0.15) is 5.75 Å². The molecular formula is C12H20N2O2S. The first-order chi connectivity index (χ1) is 8.01. The minimum Gasteiger partial charge on any atom is -0.494 e. The van der Waals surface area contributed by atoms with E-state index < -0.39 is 10.8 Å². The Balaban J connectivity index is 2.72. The number of benzene rings is 1. The molecule has 0 fully saturated rings. The minimum absolute atomic E-state index is 0.136. The van der Waals surface area contributed by atoms with E-state index in [1.54, 1.807) is 12.3 Å². The van der Waals surface area contributed by atoms with Crippen LogP contribution in [0.1, 0.15) is 13.8 Å². The van der Waals surface area contributed by atoms with E-state index in [0.29, 0.717) is 18.0 Å². The summed E-state index contributed by atoms with van der Waals surface area (Å²) in [5.41, 5.74) is 7.34. The molecule has 0 aromatic heterocycles. The smallest absolute Gasteiger partial charge is 0.123 e.